The van der Waals surface area contributed by atoms with Gasteiger partial charge in [0.15, 0.2) is 11.7 Å². The fourth-order valence-electron chi connectivity index (χ4n) is 3.35. The third-order valence-corrected chi connectivity index (χ3v) is 5.02. The summed E-state index contributed by atoms with van der Waals surface area (Å²) in [7, 11) is 0. The van der Waals surface area contributed by atoms with Crippen LogP contribution >= 0.6 is 11.6 Å². The molecule has 0 radical (unpaired) electrons. The van der Waals surface area contributed by atoms with Crippen LogP contribution in [0, 0.1) is 17.1 Å². The second-order valence-corrected chi connectivity index (χ2v) is 7.38. The van der Waals surface area contributed by atoms with Gasteiger partial charge < -0.3 is 15.6 Å². The van der Waals surface area contributed by atoms with Gasteiger partial charge in [-0.25, -0.2) is 14.4 Å². The van der Waals surface area contributed by atoms with Crippen LogP contribution in [-0.2, 0) is 12.1 Å². The smallest absolute Gasteiger partial charge is 0.274 e. The van der Waals surface area contributed by atoms with Gasteiger partial charge in [-0.3, -0.25) is 9.79 Å². The standard InChI is InChI=1S/C20H15ClFN7O/c1-20(10-29-13(7-23)9-26-18(29)17(24)28-20)14-6-12(3-4-15(14)22)27-19(30)16-5-2-11(21)8-25-16/h2-6,8-9H,10H2,1H3,(H2,24,28)(H,27,30)/t20-/m0/s1. The first-order valence-electron chi connectivity index (χ1n) is 8.85. The largest absolute Gasteiger partial charge is 0.381 e. The maximum absolute atomic E-state index is 14.8. The topological polar surface area (TPSA) is 122 Å². The van der Waals surface area contributed by atoms with E-state index in [-0.39, 0.29) is 23.6 Å². The zero-order chi connectivity index (χ0) is 21.5. The third-order valence-electron chi connectivity index (χ3n) is 4.80. The summed E-state index contributed by atoms with van der Waals surface area (Å²) in [6.07, 6.45) is 2.76. The van der Waals surface area contributed by atoms with Gasteiger partial charge >= 0.3 is 0 Å². The second kappa shape index (κ2) is 7.24. The lowest BCUT2D eigenvalue weighted by atomic mass is 9.90. The van der Waals surface area contributed by atoms with Gasteiger partial charge in [0.05, 0.1) is 17.8 Å². The summed E-state index contributed by atoms with van der Waals surface area (Å²) in [6, 6.07) is 9.25. The van der Waals surface area contributed by atoms with Gasteiger partial charge in [0.25, 0.3) is 5.91 Å². The molecule has 0 spiro atoms. The van der Waals surface area contributed by atoms with Crippen molar-refractivity contribution in [2.24, 2.45) is 10.7 Å². The average molecular weight is 424 g/mol. The van der Waals surface area contributed by atoms with Crippen molar-refractivity contribution in [3.8, 4) is 6.07 Å². The number of carbonyl (C=O) groups excluding carboxylic acids is 1. The van der Waals surface area contributed by atoms with Gasteiger partial charge in [-0.05, 0) is 37.3 Å². The summed E-state index contributed by atoms with van der Waals surface area (Å²) in [6.45, 7) is 1.87. The normalized spacial score (nSPS) is 17.6. The lowest BCUT2D eigenvalue weighted by Gasteiger charge is -2.32. The van der Waals surface area contributed by atoms with Crippen LogP contribution in [0.2, 0.25) is 5.02 Å². The Morgan fingerprint density at radius 1 is 1.33 bits per heavy atom. The van der Waals surface area contributed by atoms with E-state index in [1.54, 1.807) is 17.6 Å². The number of hydrogen-bond acceptors (Lipinski definition) is 6. The Morgan fingerprint density at radius 2 is 2.13 bits per heavy atom. The van der Waals surface area contributed by atoms with Gasteiger partial charge in [-0.15, -0.1) is 0 Å². The molecule has 2 aromatic heterocycles. The molecule has 8 nitrogen and oxygen atoms in total. The van der Waals surface area contributed by atoms with Crippen LogP contribution in [0.4, 0.5) is 10.1 Å². The van der Waals surface area contributed by atoms with E-state index in [1.165, 1.54) is 36.7 Å². The number of pyridine rings is 1. The summed E-state index contributed by atoms with van der Waals surface area (Å²) in [5, 5.41) is 12.4. The molecule has 1 aromatic carbocycles. The van der Waals surface area contributed by atoms with Gasteiger partial charge in [0.1, 0.15) is 28.8 Å². The molecule has 4 rings (SSSR count). The molecule has 3 heterocycles. The predicted octanol–water partition coefficient (Wildman–Crippen LogP) is 2.83. The molecular formula is C20H15ClFN7O. The average Bonchev–Trinajstić information content (AvgIpc) is 3.12. The molecule has 1 aliphatic rings. The summed E-state index contributed by atoms with van der Waals surface area (Å²) in [4.78, 5) is 25.0. The van der Waals surface area contributed by atoms with Crippen LogP contribution in [-0.4, -0.2) is 26.3 Å². The van der Waals surface area contributed by atoms with Gasteiger partial charge in [-0.2, -0.15) is 5.26 Å². The molecule has 10 heteroatoms. The highest BCUT2D eigenvalue weighted by Crippen LogP contribution is 2.35. The first kappa shape index (κ1) is 19.5. The fraction of sp³-hybridized carbons (Fsp3) is 0.150. The number of aromatic nitrogens is 3. The number of amidine groups is 1. The SMILES string of the molecule is C[C@@]1(c2cc(NC(=O)c3ccc(Cl)cn3)ccc2F)Cn2c(C#N)cnc2C(N)=N1. The Labute approximate surface area is 175 Å². The zero-order valence-corrected chi connectivity index (χ0v) is 16.5. The van der Waals surface area contributed by atoms with E-state index in [4.69, 9.17) is 17.3 Å². The Bertz CT molecular complexity index is 1230. The first-order valence-corrected chi connectivity index (χ1v) is 9.23. The maximum atomic E-state index is 14.8. The van der Waals surface area contributed by atoms with Gasteiger partial charge in [0, 0.05) is 17.4 Å². The van der Waals surface area contributed by atoms with Crippen LogP contribution in [0.3, 0.4) is 0 Å². The zero-order valence-electron chi connectivity index (χ0n) is 15.7. The number of anilines is 1. The van der Waals surface area contributed by atoms with Crippen molar-refractivity contribution in [2.45, 2.75) is 19.0 Å². The van der Waals surface area contributed by atoms with Crippen LogP contribution < -0.4 is 11.1 Å². The van der Waals surface area contributed by atoms with E-state index in [1.807, 2.05) is 6.07 Å². The van der Waals surface area contributed by atoms with E-state index in [2.05, 4.69) is 20.3 Å². The molecule has 0 unspecified atom stereocenters. The lowest BCUT2D eigenvalue weighted by molar-refractivity contribution is 0.102. The molecule has 0 aliphatic carbocycles. The van der Waals surface area contributed by atoms with Crippen molar-refractivity contribution < 1.29 is 9.18 Å². The summed E-state index contributed by atoms with van der Waals surface area (Å²) < 4.78 is 16.4. The van der Waals surface area contributed by atoms with E-state index in [0.717, 1.165) is 0 Å². The monoisotopic (exact) mass is 423 g/mol. The number of imidazole rings is 1. The molecule has 1 amide bonds. The number of nitrogens with zero attached hydrogens (tertiary/aromatic N) is 5. The molecule has 1 atom stereocenters. The molecule has 0 bridgehead atoms. The Hall–Kier alpha value is -3.77. The number of fused-ring (bicyclic) bond motifs is 1. The van der Waals surface area contributed by atoms with Crippen molar-refractivity contribution >= 4 is 29.0 Å². The van der Waals surface area contributed by atoms with Crippen molar-refractivity contribution in [1.29, 1.82) is 5.26 Å². The minimum absolute atomic E-state index is 0.101. The Balaban J connectivity index is 1.68. The Morgan fingerprint density at radius 3 is 2.83 bits per heavy atom. The number of hydrogen-bond donors (Lipinski definition) is 2. The van der Waals surface area contributed by atoms with Crippen LogP contribution in [0.25, 0.3) is 0 Å². The third kappa shape index (κ3) is 3.38. The van der Waals surface area contributed by atoms with E-state index >= 15 is 0 Å². The molecule has 0 fully saturated rings. The molecule has 0 saturated carbocycles. The number of rotatable bonds is 3. The van der Waals surface area contributed by atoms with Gasteiger partial charge in [0.2, 0.25) is 0 Å². The minimum Gasteiger partial charge on any atom is -0.381 e. The molecule has 30 heavy (non-hydrogen) atoms. The van der Waals surface area contributed by atoms with Crippen molar-refractivity contribution in [1.82, 2.24) is 14.5 Å². The predicted molar refractivity (Wildman–Crippen MR) is 109 cm³/mol. The fourth-order valence-corrected chi connectivity index (χ4v) is 3.47. The number of aliphatic imine (C=N–C) groups is 1. The van der Waals surface area contributed by atoms with E-state index in [9.17, 15) is 14.4 Å². The molecule has 0 saturated heterocycles. The number of benzene rings is 1. The Kier molecular flexibility index (Phi) is 4.72. The summed E-state index contributed by atoms with van der Waals surface area (Å²) >= 11 is 5.79. The molecule has 3 N–H and O–H groups in total. The summed E-state index contributed by atoms with van der Waals surface area (Å²) in [5.41, 5.74) is 5.97. The van der Waals surface area contributed by atoms with Crippen LogP contribution in [0.15, 0.2) is 47.7 Å². The minimum atomic E-state index is -1.10. The van der Waals surface area contributed by atoms with E-state index in [0.29, 0.717) is 22.2 Å². The lowest BCUT2D eigenvalue weighted by Crippen LogP contribution is -2.38. The quantitative estimate of drug-likeness (QED) is 0.670. The maximum Gasteiger partial charge on any atom is 0.274 e. The number of nitrogens with two attached hydrogens (primary N) is 1. The van der Waals surface area contributed by atoms with Crippen LogP contribution in [0.1, 0.15) is 34.5 Å². The highest BCUT2D eigenvalue weighted by molar-refractivity contribution is 6.30. The summed E-state index contributed by atoms with van der Waals surface area (Å²) in [5.74, 6) is -0.518. The number of nitrogens with one attached hydrogen (secondary N) is 1. The molecule has 150 valence electrons. The van der Waals surface area contributed by atoms with Crippen molar-refractivity contribution in [2.75, 3.05) is 5.32 Å². The van der Waals surface area contributed by atoms with Crippen molar-refractivity contribution in [3.05, 3.63) is 76.3 Å². The number of amides is 1. The molecule has 1 aliphatic heterocycles. The highest BCUT2D eigenvalue weighted by atomic mass is 35.5. The number of halogens is 2. The molecule has 3 aromatic rings. The highest BCUT2D eigenvalue weighted by Gasteiger charge is 2.36. The second-order valence-electron chi connectivity index (χ2n) is 6.95. The van der Waals surface area contributed by atoms with E-state index < -0.39 is 17.3 Å². The molecular weight excluding hydrogens is 409 g/mol. The number of nitriles is 1. The van der Waals surface area contributed by atoms with Gasteiger partial charge in [-0.1, -0.05) is 11.6 Å². The first-order chi connectivity index (χ1) is 14.3. The van der Waals surface area contributed by atoms with Crippen molar-refractivity contribution in [3.63, 3.8) is 0 Å². The number of carbonyl (C=O) groups is 1. The van der Waals surface area contributed by atoms with Crippen LogP contribution in [0.5, 0.6) is 0 Å².